The molecule has 21 heavy (non-hydrogen) atoms. The van der Waals surface area contributed by atoms with Gasteiger partial charge < -0.3 is 9.47 Å². The third kappa shape index (κ3) is 4.04. The summed E-state index contributed by atoms with van der Waals surface area (Å²) in [4.78, 5) is 33.1. The second kappa shape index (κ2) is 7.05. The standard InChI is InChI=1S/C14H13NO6/c1-4-21-13(16)6-5-10-7-11(14(17)20-3)9(2)12(8-10)15(18)19/h7-8H,4H2,1-3H3. The van der Waals surface area contributed by atoms with Crippen LogP contribution in [0.4, 0.5) is 5.69 Å². The Kier molecular flexibility index (Phi) is 5.43. The molecule has 7 heteroatoms. The number of nitrogens with zero attached hydrogens (tertiary/aromatic N) is 1. The molecule has 110 valence electrons. The second-order valence-electron chi connectivity index (χ2n) is 3.89. The predicted molar refractivity (Wildman–Crippen MR) is 72.7 cm³/mol. The highest BCUT2D eigenvalue weighted by Crippen LogP contribution is 2.24. The first-order valence-corrected chi connectivity index (χ1v) is 5.96. The van der Waals surface area contributed by atoms with Crippen LogP contribution < -0.4 is 0 Å². The van der Waals surface area contributed by atoms with E-state index in [1.807, 2.05) is 0 Å². The summed E-state index contributed by atoms with van der Waals surface area (Å²) in [6, 6.07) is 2.52. The molecule has 1 rings (SSSR count). The number of carbonyl (C=O) groups excluding carboxylic acids is 2. The van der Waals surface area contributed by atoms with Crippen molar-refractivity contribution in [3.8, 4) is 11.8 Å². The van der Waals surface area contributed by atoms with Crippen LogP contribution in [0.15, 0.2) is 12.1 Å². The highest BCUT2D eigenvalue weighted by Gasteiger charge is 2.20. The minimum absolute atomic E-state index is 0.0276. The Balaban J connectivity index is 3.34. The average molecular weight is 291 g/mol. The van der Waals surface area contributed by atoms with E-state index in [4.69, 9.17) is 0 Å². The van der Waals surface area contributed by atoms with Crippen LogP contribution in [0.3, 0.4) is 0 Å². The second-order valence-corrected chi connectivity index (χ2v) is 3.89. The Morgan fingerprint density at radius 2 is 2.05 bits per heavy atom. The van der Waals surface area contributed by atoms with Crippen LogP contribution in [0.25, 0.3) is 0 Å². The van der Waals surface area contributed by atoms with Crippen molar-refractivity contribution in [3.63, 3.8) is 0 Å². The van der Waals surface area contributed by atoms with E-state index in [1.165, 1.54) is 26.2 Å². The maximum absolute atomic E-state index is 11.6. The Bertz CT molecular complexity index is 653. The van der Waals surface area contributed by atoms with Gasteiger partial charge in [0, 0.05) is 23.1 Å². The molecule has 0 fully saturated rings. The summed E-state index contributed by atoms with van der Waals surface area (Å²) in [6.07, 6.45) is 0. The normalized spacial score (nSPS) is 9.29. The number of rotatable bonds is 3. The SMILES string of the molecule is CCOC(=O)C#Cc1cc(C(=O)OC)c(C)c([N+](=O)[O-])c1. The van der Waals surface area contributed by atoms with Gasteiger partial charge in [-0.15, -0.1) is 0 Å². The van der Waals surface area contributed by atoms with Gasteiger partial charge in [-0.3, -0.25) is 10.1 Å². The molecule has 0 heterocycles. The number of nitro groups is 1. The van der Waals surface area contributed by atoms with Gasteiger partial charge in [-0.2, -0.15) is 0 Å². The van der Waals surface area contributed by atoms with Crippen molar-refractivity contribution in [2.24, 2.45) is 0 Å². The predicted octanol–water partition coefficient (Wildman–Crippen LogP) is 1.60. The minimum atomic E-state index is -0.750. The van der Waals surface area contributed by atoms with E-state index in [-0.39, 0.29) is 29.0 Å². The monoisotopic (exact) mass is 291 g/mol. The molecule has 1 aromatic carbocycles. The zero-order valence-corrected chi connectivity index (χ0v) is 11.8. The molecule has 7 nitrogen and oxygen atoms in total. The lowest BCUT2D eigenvalue weighted by Gasteiger charge is -2.05. The van der Waals surface area contributed by atoms with Gasteiger partial charge in [-0.05, 0) is 19.9 Å². The molecule has 1 aromatic rings. The quantitative estimate of drug-likeness (QED) is 0.363. The molecule has 0 saturated carbocycles. The fourth-order valence-corrected chi connectivity index (χ4v) is 1.57. The lowest BCUT2D eigenvalue weighted by molar-refractivity contribution is -0.385. The third-order valence-corrected chi connectivity index (χ3v) is 2.57. The first kappa shape index (κ1) is 16.2. The van der Waals surface area contributed by atoms with Crippen molar-refractivity contribution >= 4 is 17.6 Å². The van der Waals surface area contributed by atoms with Crippen molar-refractivity contribution in [1.29, 1.82) is 0 Å². The van der Waals surface area contributed by atoms with Crippen molar-refractivity contribution < 1.29 is 24.0 Å². The maximum Gasteiger partial charge on any atom is 0.384 e. The lowest BCUT2D eigenvalue weighted by Crippen LogP contribution is -2.07. The largest absolute Gasteiger partial charge is 0.465 e. The molecule has 0 amide bonds. The molecule has 0 bridgehead atoms. The van der Waals surface area contributed by atoms with Gasteiger partial charge in [0.1, 0.15) is 0 Å². The third-order valence-electron chi connectivity index (χ3n) is 2.57. The van der Waals surface area contributed by atoms with Gasteiger partial charge >= 0.3 is 11.9 Å². The van der Waals surface area contributed by atoms with Crippen molar-refractivity contribution in [2.45, 2.75) is 13.8 Å². The Morgan fingerprint density at radius 3 is 2.57 bits per heavy atom. The number of carbonyl (C=O) groups is 2. The summed E-state index contributed by atoms with van der Waals surface area (Å²) in [7, 11) is 1.17. The molecule has 0 aliphatic carbocycles. The number of ether oxygens (including phenoxy) is 2. The minimum Gasteiger partial charge on any atom is -0.465 e. The summed E-state index contributed by atoms with van der Waals surface area (Å²) >= 11 is 0. The zero-order valence-electron chi connectivity index (χ0n) is 11.8. The van der Waals surface area contributed by atoms with Crippen LogP contribution in [-0.4, -0.2) is 30.6 Å². The summed E-state index contributed by atoms with van der Waals surface area (Å²) < 4.78 is 9.20. The van der Waals surface area contributed by atoms with Gasteiger partial charge in [-0.1, -0.05) is 5.92 Å². The highest BCUT2D eigenvalue weighted by atomic mass is 16.6. The van der Waals surface area contributed by atoms with Gasteiger partial charge in [0.25, 0.3) is 5.69 Å². The zero-order chi connectivity index (χ0) is 16.0. The lowest BCUT2D eigenvalue weighted by atomic mass is 10.0. The van der Waals surface area contributed by atoms with E-state index >= 15 is 0 Å². The fraction of sp³-hybridized carbons (Fsp3) is 0.286. The maximum atomic E-state index is 11.6. The molecule has 0 aliphatic heterocycles. The smallest absolute Gasteiger partial charge is 0.384 e. The van der Waals surface area contributed by atoms with Crippen LogP contribution in [0, 0.1) is 28.9 Å². The molecule has 0 aliphatic rings. The molecule has 0 spiro atoms. The number of benzene rings is 1. The number of nitro benzene ring substituents is 1. The number of hydrogen-bond acceptors (Lipinski definition) is 6. The van der Waals surface area contributed by atoms with Crippen molar-refractivity contribution in [2.75, 3.05) is 13.7 Å². The van der Waals surface area contributed by atoms with Crippen LogP contribution >= 0.6 is 0 Å². The molecular formula is C14H13NO6. The van der Waals surface area contributed by atoms with Crippen LogP contribution in [0.5, 0.6) is 0 Å². The fourth-order valence-electron chi connectivity index (χ4n) is 1.57. The number of hydrogen-bond donors (Lipinski definition) is 0. The van der Waals surface area contributed by atoms with E-state index in [0.717, 1.165) is 0 Å². The first-order valence-electron chi connectivity index (χ1n) is 5.96. The Labute approximate surface area is 121 Å². The Hall–Kier alpha value is -2.88. The molecular weight excluding hydrogens is 278 g/mol. The van der Waals surface area contributed by atoms with Crippen LogP contribution in [0.2, 0.25) is 0 Å². The van der Waals surface area contributed by atoms with E-state index in [2.05, 4.69) is 21.3 Å². The highest BCUT2D eigenvalue weighted by molar-refractivity contribution is 5.93. The first-order chi connectivity index (χ1) is 9.90. The Morgan fingerprint density at radius 1 is 1.38 bits per heavy atom. The van der Waals surface area contributed by atoms with Crippen molar-refractivity contribution in [1.82, 2.24) is 0 Å². The molecule has 0 atom stereocenters. The summed E-state index contributed by atoms with van der Waals surface area (Å²) in [5, 5.41) is 11.0. The number of methoxy groups -OCH3 is 1. The van der Waals surface area contributed by atoms with Crippen molar-refractivity contribution in [3.05, 3.63) is 38.9 Å². The van der Waals surface area contributed by atoms with Gasteiger partial charge in [0.05, 0.1) is 24.2 Å². The molecule has 0 radical (unpaired) electrons. The van der Waals surface area contributed by atoms with Gasteiger partial charge in [0.15, 0.2) is 0 Å². The average Bonchev–Trinajstić information content (AvgIpc) is 2.45. The summed E-state index contributed by atoms with van der Waals surface area (Å²) in [5.41, 5.74) is 0.0835. The topological polar surface area (TPSA) is 95.7 Å². The number of esters is 2. The van der Waals surface area contributed by atoms with E-state index in [1.54, 1.807) is 6.92 Å². The molecule has 0 N–H and O–H groups in total. The van der Waals surface area contributed by atoms with Gasteiger partial charge in [-0.25, -0.2) is 9.59 Å². The summed E-state index contributed by atoms with van der Waals surface area (Å²) in [6.45, 7) is 3.24. The van der Waals surface area contributed by atoms with Crippen LogP contribution in [0.1, 0.15) is 28.4 Å². The van der Waals surface area contributed by atoms with Crippen LogP contribution in [-0.2, 0) is 14.3 Å². The molecule has 0 saturated heterocycles. The van der Waals surface area contributed by atoms with E-state index < -0.39 is 16.9 Å². The summed E-state index contributed by atoms with van der Waals surface area (Å²) in [5.74, 6) is 3.16. The molecule has 0 unspecified atom stereocenters. The van der Waals surface area contributed by atoms with Gasteiger partial charge in [0.2, 0.25) is 0 Å². The molecule has 0 aromatic heterocycles. The van der Waals surface area contributed by atoms with E-state index in [0.29, 0.717) is 0 Å². The van der Waals surface area contributed by atoms with E-state index in [9.17, 15) is 19.7 Å².